The van der Waals surface area contributed by atoms with E-state index in [9.17, 15) is 9.59 Å². The molecule has 1 fully saturated rings. The van der Waals surface area contributed by atoms with Gasteiger partial charge in [-0.25, -0.2) is 0 Å². The molecule has 0 bridgehead atoms. The molecule has 3 rings (SSSR count). The number of ketones is 1. The number of carbonyl (C=O) groups excluding carboxylic acids is 2. The molecule has 0 unspecified atom stereocenters. The number of benzene rings is 1. The Morgan fingerprint density at radius 3 is 2.85 bits per heavy atom. The minimum absolute atomic E-state index is 0.150. The minimum atomic E-state index is -0.187. The third-order valence-electron chi connectivity index (χ3n) is 3.81. The van der Waals surface area contributed by atoms with Gasteiger partial charge in [-0.05, 0) is 49.1 Å². The molecule has 4 nitrogen and oxygen atoms in total. The SMILES string of the molecule is O=C(/C=C/C(=O)c1ccc2c(c1)CCO2)NC1CCC1. The Morgan fingerprint density at radius 2 is 2.10 bits per heavy atom. The quantitative estimate of drug-likeness (QED) is 0.673. The van der Waals surface area contributed by atoms with Crippen molar-refractivity contribution >= 4 is 11.7 Å². The molecule has 0 atom stereocenters. The number of ether oxygens (including phenoxy) is 1. The van der Waals surface area contributed by atoms with Crippen molar-refractivity contribution in [1.29, 1.82) is 0 Å². The summed E-state index contributed by atoms with van der Waals surface area (Å²) >= 11 is 0. The normalized spacial score (nSPS) is 17.4. The van der Waals surface area contributed by atoms with Gasteiger partial charge in [0.05, 0.1) is 6.61 Å². The third-order valence-corrected chi connectivity index (χ3v) is 3.81. The average molecular weight is 271 g/mol. The maximum absolute atomic E-state index is 12.0. The Kier molecular flexibility index (Phi) is 3.54. The molecule has 1 saturated carbocycles. The zero-order chi connectivity index (χ0) is 13.9. The van der Waals surface area contributed by atoms with Crippen LogP contribution in [0.4, 0.5) is 0 Å². The van der Waals surface area contributed by atoms with Crippen molar-refractivity contribution in [3.8, 4) is 5.75 Å². The number of fused-ring (bicyclic) bond motifs is 1. The molecule has 1 N–H and O–H groups in total. The predicted octanol–water partition coefficient (Wildman–Crippen LogP) is 2.03. The van der Waals surface area contributed by atoms with E-state index >= 15 is 0 Å². The molecule has 1 aliphatic heterocycles. The smallest absolute Gasteiger partial charge is 0.244 e. The van der Waals surface area contributed by atoms with E-state index in [1.54, 1.807) is 6.07 Å². The molecule has 0 saturated heterocycles. The molecular formula is C16H17NO3. The Balaban J connectivity index is 1.62. The summed E-state index contributed by atoms with van der Waals surface area (Å²) in [7, 11) is 0. The number of carbonyl (C=O) groups is 2. The van der Waals surface area contributed by atoms with Crippen LogP contribution in [0.1, 0.15) is 35.2 Å². The molecular weight excluding hydrogens is 254 g/mol. The second-order valence-electron chi connectivity index (χ2n) is 5.25. The predicted molar refractivity (Wildman–Crippen MR) is 74.9 cm³/mol. The Labute approximate surface area is 117 Å². The van der Waals surface area contributed by atoms with Gasteiger partial charge in [-0.2, -0.15) is 0 Å². The largest absolute Gasteiger partial charge is 0.493 e. The molecule has 0 aromatic heterocycles. The lowest BCUT2D eigenvalue weighted by Gasteiger charge is -2.25. The summed E-state index contributed by atoms with van der Waals surface area (Å²) < 4.78 is 5.40. The fourth-order valence-corrected chi connectivity index (χ4v) is 2.39. The molecule has 1 heterocycles. The number of amides is 1. The van der Waals surface area contributed by atoms with Gasteiger partial charge in [-0.15, -0.1) is 0 Å². The fourth-order valence-electron chi connectivity index (χ4n) is 2.39. The minimum Gasteiger partial charge on any atom is -0.493 e. The molecule has 1 aromatic carbocycles. The summed E-state index contributed by atoms with van der Waals surface area (Å²) in [5, 5.41) is 2.87. The van der Waals surface area contributed by atoms with Crippen molar-refractivity contribution in [2.24, 2.45) is 0 Å². The maximum Gasteiger partial charge on any atom is 0.244 e. The van der Waals surface area contributed by atoms with Crippen LogP contribution >= 0.6 is 0 Å². The Hall–Kier alpha value is -2.10. The van der Waals surface area contributed by atoms with Crippen LogP contribution in [0.2, 0.25) is 0 Å². The van der Waals surface area contributed by atoms with E-state index in [4.69, 9.17) is 4.74 Å². The lowest BCUT2D eigenvalue weighted by atomic mass is 9.93. The van der Waals surface area contributed by atoms with E-state index < -0.39 is 0 Å². The van der Waals surface area contributed by atoms with Crippen molar-refractivity contribution in [1.82, 2.24) is 5.32 Å². The van der Waals surface area contributed by atoms with Crippen LogP contribution in [-0.4, -0.2) is 24.3 Å². The van der Waals surface area contributed by atoms with Crippen molar-refractivity contribution in [2.75, 3.05) is 6.61 Å². The molecule has 1 aliphatic carbocycles. The van der Waals surface area contributed by atoms with E-state index in [0.717, 1.165) is 30.6 Å². The number of rotatable bonds is 4. The van der Waals surface area contributed by atoms with Crippen LogP contribution in [0.5, 0.6) is 5.75 Å². The van der Waals surface area contributed by atoms with Crippen molar-refractivity contribution in [2.45, 2.75) is 31.7 Å². The number of allylic oxidation sites excluding steroid dienone is 1. The van der Waals surface area contributed by atoms with E-state index in [0.29, 0.717) is 18.2 Å². The number of hydrogen-bond donors (Lipinski definition) is 1. The molecule has 4 heteroatoms. The number of hydrogen-bond acceptors (Lipinski definition) is 3. The first-order chi connectivity index (χ1) is 9.72. The second-order valence-corrected chi connectivity index (χ2v) is 5.25. The molecule has 20 heavy (non-hydrogen) atoms. The van der Waals surface area contributed by atoms with Crippen molar-refractivity contribution in [3.63, 3.8) is 0 Å². The van der Waals surface area contributed by atoms with Gasteiger partial charge in [-0.3, -0.25) is 9.59 Å². The topological polar surface area (TPSA) is 55.4 Å². The number of nitrogens with one attached hydrogen (secondary N) is 1. The Morgan fingerprint density at radius 1 is 1.25 bits per heavy atom. The van der Waals surface area contributed by atoms with Gasteiger partial charge in [0.15, 0.2) is 5.78 Å². The first kappa shape index (κ1) is 12.9. The first-order valence-electron chi connectivity index (χ1n) is 7.01. The summed E-state index contributed by atoms with van der Waals surface area (Å²) in [6.45, 7) is 0.673. The molecule has 2 aliphatic rings. The lowest BCUT2D eigenvalue weighted by molar-refractivity contribution is -0.117. The zero-order valence-electron chi connectivity index (χ0n) is 11.2. The van der Waals surface area contributed by atoms with Crippen molar-refractivity contribution < 1.29 is 14.3 Å². The molecule has 0 radical (unpaired) electrons. The lowest BCUT2D eigenvalue weighted by Crippen LogP contribution is -2.38. The molecule has 1 aromatic rings. The standard InChI is InChI=1S/C16H17NO3/c18-14(5-7-16(19)17-13-2-1-3-13)11-4-6-15-12(10-11)8-9-20-15/h4-7,10,13H,1-3,8-9H2,(H,17,19)/b7-5+. The van der Waals surface area contributed by atoms with Gasteiger partial charge in [0.2, 0.25) is 5.91 Å². The fraction of sp³-hybridized carbons (Fsp3) is 0.375. The Bertz CT molecular complexity index is 573. The maximum atomic E-state index is 12.0. The van der Waals surface area contributed by atoms with E-state index in [-0.39, 0.29) is 11.7 Å². The summed E-state index contributed by atoms with van der Waals surface area (Å²) in [6, 6.07) is 5.69. The van der Waals surface area contributed by atoms with Gasteiger partial charge >= 0.3 is 0 Å². The van der Waals surface area contributed by atoms with Gasteiger partial charge in [0, 0.05) is 24.1 Å². The zero-order valence-corrected chi connectivity index (χ0v) is 11.2. The highest BCUT2D eigenvalue weighted by Crippen LogP contribution is 2.26. The van der Waals surface area contributed by atoms with Crippen LogP contribution in [0.3, 0.4) is 0 Å². The second kappa shape index (κ2) is 5.49. The monoisotopic (exact) mass is 271 g/mol. The van der Waals surface area contributed by atoms with E-state index in [1.807, 2.05) is 12.1 Å². The van der Waals surface area contributed by atoms with Crippen LogP contribution < -0.4 is 10.1 Å². The van der Waals surface area contributed by atoms with Crippen molar-refractivity contribution in [3.05, 3.63) is 41.5 Å². The summed E-state index contributed by atoms with van der Waals surface area (Å²) in [5.74, 6) is 0.518. The van der Waals surface area contributed by atoms with E-state index in [1.165, 1.54) is 18.6 Å². The van der Waals surface area contributed by atoms with Crippen LogP contribution in [-0.2, 0) is 11.2 Å². The summed E-state index contributed by atoms with van der Waals surface area (Å²) in [5.41, 5.74) is 1.66. The van der Waals surface area contributed by atoms with Gasteiger partial charge in [0.1, 0.15) is 5.75 Å². The van der Waals surface area contributed by atoms with Crippen LogP contribution in [0.25, 0.3) is 0 Å². The average Bonchev–Trinajstić information content (AvgIpc) is 2.87. The van der Waals surface area contributed by atoms with Gasteiger partial charge in [-0.1, -0.05) is 0 Å². The van der Waals surface area contributed by atoms with Crippen LogP contribution in [0, 0.1) is 0 Å². The van der Waals surface area contributed by atoms with E-state index in [2.05, 4.69) is 5.32 Å². The summed E-state index contributed by atoms with van der Waals surface area (Å²) in [4.78, 5) is 23.6. The highest BCUT2D eigenvalue weighted by molar-refractivity contribution is 6.07. The highest BCUT2D eigenvalue weighted by Gasteiger charge is 2.18. The molecule has 104 valence electrons. The summed E-state index contributed by atoms with van der Waals surface area (Å²) in [6.07, 6.45) is 6.75. The third kappa shape index (κ3) is 2.74. The van der Waals surface area contributed by atoms with Crippen LogP contribution in [0.15, 0.2) is 30.4 Å². The highest BCUT2D eigenvalue weighted by atomic mass is 16.5. The van der Waals surface area contributed by atoms with Gasteiger partial charge < -0.3 is 10.1 Å². The molecule has 1 amide bonds. The molecule has 0 spiro atoms. The van der Waals surface area contributed by atoms with Gasteiger partial charge in [0.25, 0.3) is 0 Å². The first-order valence-corrected chi connectivity index (χ1v) is 7.01.